The van der Waals surface area contributed by atoms with Gasteiger partial charge in [0.05, 0.1) is 5.39 Å². The molecule has 0 spiro atoms. The van der Waals surface area contributed by atoms with E-state index in [0.717, 1.165) is 6.07 Å². The highest BCUT2D eigenvalue weighted by Gasteiger charge is 2.48. The molecule has 1 aliphatic rings. The van der Waals surface area contributed by atoms with Crippen LogP contribution in [0.4, 0.5) is 0 Å². The highest BCUT2D eigenvalue weighted by Crippen LogP contribution is 2.34. The van der Waals surface area contributed by atoms with Gasteiger partial charge in [0.1, 0.15) is 35.4 Å². The van der Waals surface area contributed by atoms with Crippen molar-refractivity contribution in [3.63, 3.8) is 0 Å². The number of phenols is 2. The summed E-state index contributed by atoms with van der Waals surface area (Å²) >= 11 is 0. The number of hydrogen-bond acceptors (Lipinski definition) is 10. The molecule has 6 N–H and O–H groups in total. The summed E-state index contributed by atoms with van der Waals surface area (Å²) in [5.74, 6) is -2.56. The Morgan fingerprint density at radius 1 is 0.906 bits per heavy atom. The second kappa shape index (κ2) is 8.13. The summed E-state index contributed by atoms with van der Waals surface area (Å²) in [6.45, 7) is 0. The molecule has 1 aliphatic heterocycles. The van der Waals surface area contributed by atoms with Gasteiger partial charge in [0.25, 0.3) is 0 Å². The van der Waals surface area contributed by atoms with Gasteiger partial charge in [-0.15, -0.1) is 0 Å². The number of rotatable bonds is 4. The molecular formula is C21H18O11. The van der Waals surface area contributed by atoms with Crippen LogP contribution in [0.5, 0.6) is 17.2 Å². The van der Waals surface area contributed by atoms with Gasteiger partial charge in [-0.25, -0.2) is 4.79 Å². The molecule has 11 nitrogen and oxygen atoms in total. The van der Waals surface area contributed by atoms with Crippen LogP contribution in [0.1, 0.15) is 0 Å². The fraction of sp³-hybridized carbons (Fsp3) is 0.238. The van der Waals surface area contributed by atoms with E-state index in [4.69, 9.17) is 13.9 Å². The number of aliphatic carboxylic acids is 1. The van der Waals surface area contributed by atoms with Crippen molar-refractivity contribution >= 4 is 16.9 Å². The van der Waals surface area contributed by atoms with Crippen LogP contribution >= 0.6 is 0 Å². The van der Waals surface area contributed by atoms with Crippen molar-refractivity contribution in [2.75, 3.05) is 0 Å². The van der Waals surface area contributed by atoms with E-state index in [1.54, 1.807) is 0 Å². The number of carbonyl (C=O) groups is 1. The summed E-state index contributed by atoms with van der Waals surface area (Å²) in [5, 5.41) is 58.6. The number of aliphatic hydroxyl groups excluding tert-OH is 3. The number of hydrogen-bond donors (Lipinski definition) is 6. The molecule has 0 radical (unpaired) electrons. The van der Waals surface area contributed by atoms with E-state index in [0.29, 0.717) is 0 Å². The van der Waals surface area contributed by atoms with E-state index in [1.807, 2.05) is 0 Å². The van der Waals surface area contributed by atoms with E-state index >= 15 is 0 Å². The van der Waals surface area contributed by atoms with Crippen molar-refractivity contribution in [3.05, 3.63) is 52.7 Å². The van der Waals surface area contributed by atoms with Crippen LogP contribution in [-0.2, 0) is 9.53 Å². The lowest BCUT2D eigenvalue weighted by Gasteiger charge is -2.38. The summed E-state index contributed by atoms with van der Waals surface area (Å²) in [6, 6.07) is 9.28. The lowest BCUT2D eigenvalue weighted by Crippen LogP contribution is -2.61. The molecule has 2 heterocycles. The third-order valence-electron chi connectivity index (χ3n) is 5.01. The Kier molecular flexibility index (Phi) is 5.48. The molecule has 1 fully saturated rings. The standard InChI is InChI=1S/C21H18O11/c22-9-3-1-8(2-4-9)17-18(13(24)11-7-10(23)5-6-12(11)30-17)31-21-16(27)14(25)15(26)19(32-21)20(28)29/h1-7,14-16,19,21-23,25-27H,(H,28,29)/t14-,15-,16+,19-,21?/m0/s1. The number of benzene rings is 2. The van der Waals surface area contributed by atoms with E-state index in [2.05, 4.69) is 0 Å². The average molecular weight is 446 g/mol. The van der Waals surface area contributed by atoms with Gasteiger partial charge in [-0.2, -0.15) is 0 Å². The molecule has 2 aromatic carbocycles. The SMILES string of the molecule is O=C(O)[C@H]1OC(Oc2c(-c3ccc(O)cc3)oc3ccc(O)cc3c2=O)[C@H](O)[C@@H](O)[C@@H]1O. The Labute approximate surface area is 178 Å². The van der Waals surface area contributed by atoms with Gasteiger partial charge < -0.3 is 44.5 Å². The molecule has 11 heteroatoms. The maximum atomic E-state index is 13.2. The molecule has 1 unspecified atom stereocenters. The van der Waals surface area contributed by atoms with Gasteiger partial charge in [0.2, 0.25) is 17.5 Å². The van der Waals surface area contributed by atoms with Crippen LogP contribution in [0.25, 0.3) is 22.3 Å². The summed E-state index contributed by atoms with van der Waals surface area (Å²) < 4.78 is 16.4. The monoisotopic (exact) mass is 446 g/mol. The first-order valence-corrected chi connectivity index (χ1v) is 9.35. The first-order chi connectivity index (χ1) is 15.2. The quantitative estimate of drug-likeness (QED) is 0.320. The predicted molar refractivity (Wildman–Crippen MR) is 106 cm³/mol. The largest absolute Gasteiger partial charge is 0.508 e. The van der Waals surface area contributed by atoms with Crippen LogP contribution in [0.3, 0.4) is 0 Å². The van der Waals surface area contributed by atoms with Crippen molar-refractivity contribution in [2.45, 2.75) is 30.7 Å². The molecule has 0 saturated carbocycles. The molecule has 4 rings (SSSR count). The number of phenolic OH excluding ortho intramolecular Hbond substituents is 2. The van der Waals surface area contributed by atoms with Crippen molar-refractivity contribution in [2.24, 2.45) is 0 Å². The summed E-state index contributed by atoms with van der Waals surface area (Å²) in [4.78, 5) is 24.5. The number of aliphatic hydroxyl groups is 3. The van der Waals surface area contributed by atoms with E-state index < -0.39 is 47.9 Å². The number of aromatic hydroxyl groups is 2. The smallest absolute Gasteiger partial charge is 0.335 e. The Balaban J connectivity index is 1.85. The Bertz CT molecular complexity index is 1220. The number of carboxylic acid groups (broad SMARTS) is 1. The van der Waals surface area contributed by atoms with Gasteiger partial charge >= 0.3 is 5.97 Å². The summed E-state index contributed by atoms with van der Waals surface area (Å²) in [6.07, 6.45) is -9.59. The zero-order valence-corrected chi connectivity index (χ0v) is 16.2. The van der Waals surface area contributed by atoms with Crippen LogP contribution in [-0.4, -0.2) is 67.3 Å². The molecule has 3 aromatic rings. The number of carboxylic acids is 1. The van der Waals surface area contributed by atoms with Gasteiger partial charge in [0, 0.05) is 5.56 Å². The Morgan fingerprint density at radius 3 is 2.22 bits per heavy atom. The third-order valence-corrected chi connectivity index (χ3v) is 5.01. The van der Waals surface area contributed by atoms with Crippen molar-refractivity contribution in [1.82, 2.24) is 0 Å². The highest BCUT2D eigenvalue weighted by atomic mass is 16.7. The number of fused-ring (bicyclic) bond motifs is 1. The van der Waals surface area contributed by atoms with Crippen molar-refractivity contribution < 1.29 is 49.3 Å². The van der Waals surface area contributed by atoms with Gasteiger partial charge in [0.15, 0.2) is 11.9 Å². The van der Waals surface area contributed by atoms with Gasteiger partial charge in [-0.3, -0.25) is 4.79 Å². The lowest BCUT2D eigenvalue weighted by molar-refractivity contribution is -0.271. The Morgan fingerprint density at radius 2 is 1.56 bits per heavy atom. The fourth-order valence-corrected chi connectivity index (χ4v) is 3.34. The average Bonchev–Trinajstić information content (AvgIpc) is 2.76. The fourth-order valence-electron chi connectivity index (χ4n) is 3.34. The van der Waals surface area contributed by atoms with Gasteiger partial charge in [-0.05, 0) is 42.5 Å². The molecule has 0 aliphatic carbocycles. The second-order valence-electron chi connectivity index (χ2n) is 7.17. The second-order valence-corrected chi connectivity index (χ2v) is 7.17. The third kappa shape index (κ3) is 3.74. The maximum absolute atomic E-state index is 13.2. The topological polar surface area (TPSA) is 187 Å². The molecule has 32 heavy (non-hydrogen) atoms. The minimum Gasteiger partial charge on any atom is -0.508 e. The molecule has 1 saturated heterocycles. The van der Waals surface area contributed by atoms with E-state index in [1.165, 1.54) is 36.4 Å². The first-order valence-electron chi connectivity index (χ1n) is 9.35. The first kappa shape index (κ1) is 21.6. The maximum Gasteiger partial charge on any atom is 0.335 e. The van der Waals surface area contributed by atoms with Crippen molar-refractivity contribution in [3.8, 4) is 28.6 Å². The minimum atomic E-state index is -1.94. The van der Waals surface area contributed by atoms with Crippen LogP contribution in [0.2, 0.25) is 0 Å². The van der Waals surface area contributed by atoms with Gasteiger partial charge in [-0.1, -0.05) is 0 Å². The zero-order chi connectivity index (χ0) is 23.2. The summed E-state index contributed by atoms with van der Waals surface area (Å²) in [5.41, 5.74) is -0.411. The molecule has 5 atom stereocenters. The zero-order valence-electron chi connectivity index (χ0n) is 16.2. The minimum absolute atomic E-state index is 0.0586. The molecular weight excluding hydrogens is 428 g/mol. The normalized spacial score (nSPS) is 25.5. The lowest BCUT2D eigenvalue weighted by atomic mass is 9.99. The van der Waals surface area contributed by atoms with Crippen LogP contribution in [0, 0.1) is 0 Å². The van der Waals surface area contributed by atoms with E-state index in [9.17, 15) is 40.2 Å². The predicted octanol–water partition coefficient (Wildman–Crippen LogP) is 0.142. The summed E-state index contributed by atoms with van der Waals surface area (Å²) in [7, 11) is 0. The molecule has 1 aromatic heterocycles. The van der Waals surface area contributed by atoms with Crippen molar-refractivity contribution in [1.29, 1.82) is 0 Å². The Hall–Kier alpha value is -3.64. The number of ether oxygens (including phenoxy) is 2. The molecule has 0 bridgehead atoms. The van der Waals surface area contributed by atoms with E-state index in [-0.39, 0.29) is 33.8 Å². The van der Waals surface area contributed by atoms with Crippen LogP contribution in [0.15, 0.2) is 51.7 Å². The molecule has 0 amide bonds. The molecule has 168 valence electrons. The highest BCUT2D eigenvalue weighted by molar-refractivity contribution is 5.83. The van der Waals surface area contributed by atoms with Crippen LogP contribution < -0.4 is 10.2 Å².